The SMILES string of the molecule is O=P(O)(O)C1CC(c2cccc3ccccc23)=NO1. The maximum absolute atomic E-state index is 11.2. The van der Waals surface area contributed by atoms with E-state index in [1.807, 2.05) is 42.5 Å². The van der Waals surface area contributed by atoms with Crippen molar-refractivity contribution >= 4 is 24.1 Å². The lowest BCUT2D eigenvalue weighted by molar-refractivity contribution is 0.117. The molecule has 0 saturated carbocycles. The monoisotopic (exact) mass is 277 g/mol. The van der Waals surface area contributed by atoms with Gasteiger partial charge in [0.05, 0.1) is 5.71 Å². The van der Waals surface area contributed by atoms with E-state index in [1.54, 1.807) is 0 Å². The van der Waals surface area contributed by atoms with E-state index in [4.69, 9.17) is 14.6 Å². The van der Waals surface area contributed by atoms with Crippen molar-refractivity contribution in [3.63, 3.8) is 0 Å². The third-order valence-corrected chi connectivity index (χ3v) is 4.16. The molecule has 3 rings (SSSR count). The summed E-state index contributed by atoms with van der Waals surface area (Å²) in [7, 11) is -4.27. The third-order valence-electron chi connectivity index (χ3n) is 3.13. The van der Waals surface area contributed by atoms with Crippen LogP contribution in [0.4, 0.5) is 0 Å². The van der Waals surface area contributed by atoms with E-state index in [1.165, 1.54) is 0 Å². The number of hydrogen-bond donors (Lipinski definition) is 2. The zero-order valence-corrected chi connectivity index (χ0v) is 10.8. The summed E-state index contributed by atoms with van der Waals surface area (Å²) in [5.41, 5.74) is 1.43. The molecule has 2 aromatic carbocycles. The van der Waals surface area contributed by atoms with Gasteiger partial charge in [0.15, 0.2) is 0 Å². The van der Waals surface area contributed by atoms with Gasteiger partial charge in [-0.15, -0.1) is 0 Å². The van der Waals surface area contributed by atoms with Crippen LogP contribution in [0, 0.1) is 0 Å². The first-order chi connectivity index (χ1) is 9.05. The van der Waals surface area contributed by atoms with Crippen LogP contribution < -0.4 is 0 Å². The van der Waals surface area contributed by atoms with Gasteiger partial charge in [0.2, 0.25) is 5.85 Å². The lowest BCUT2D eigenvalue weighted by atomic mass is 10.00. The number of oxime groups is 1. The van der Waals surface area contributed by atoms with Crippen molar-refractivity contribution in [3.05, 3.63) is 48.0 Å². The fourth-order valence-corrected chi connectivity index (χ4v) is 2.76. The highest BCUT2D eigenvalue weighted by Gasteiger charge is 2.37. The number of hydrogen-bond acceptors (Lipinski definition) is 3. The summed E-state index contributed by atoms with van der Waals surface area (Å²) in [6.45, 7) is 0. The molecule has 1 aliphatic rings. The highest BCUT2D eigenvalue weighted by atomic mass is 31.2. The summed E-state index contributed by atoms with van der Waals surface area (Å²) in [6.07, 6.45) is 0.123. The first kappa shape index (κ1) is 12.4. The number of benzene rings is 2. The van der Waals surface area contributed by atoms with E-state index in [9.17, 15) is 4.57 Å². The molecule has 19 heavy (non-hydrogen) atoms. The summed E-state index contributed by atoms with van der Waals surface area (Å²) in [5.74, 6) is -1.17. The second-order valence-corrected chi connectivity index (χ2v) is 6.17. The van der Waals surface area contributed by atoms with E-state index in [0.717, 1.165) is 16.3 Å². The van der Waals surface area contributed by atoms with E-state index in [0.29, 0.717) is 5.71 Å². The normalized spacial score (nSPS) is 19.3. The molecule has 1 unspecified atom stereocenters. The number of nitrogens with zero attached hydrogens (tertiary/aromatic N) is 1. The van der Waals surface area contributed by atoms with Gasteiger partial charge in [0, 0.05) is 12.0 Å². The van der Waals surface area contributed by atoms with Crippen molar-refractivity contribution in [2.24, 2.45) is 5.16 Å². The van der Waals surface area contributed by atoms with Gasteiger partial charge in [-0.3, -0.25) is 4.57 Å². The van der Waals surface area contributed by atoms with E-state index < -0.39 is 13.4 Å². The largest absolute Gasteiger partial charge is 0.379 e. The van der Waals surface area contributed by atoms with Crippen LogP contribution in [0.2, 0.25) is 0 Å². The Balaban J connectivity index is 2.01. The minimum atomic E-state index is -4.27. The molecule has 0 aliphatic carbocycles. The van der Waals surface area contributed by atoms with Crippen LogP contribution in [-0.2, 0) is 9.40 Å². The molecule has 1 atom stereocenters. The van der Waals surface area contributed by atoms with Crippen LogP contribution in [0.1, 0.15) is 12.0 Å². The topological polar surface area (TPSA) is 79.1 Å². The first-order valence-corrected chi connectivity index (χ1v) is 7.50. The maximum Gasteiger partial charge on any atom is 0.368 e. The van der Waals surface area contributed by atoms with Crippen LogP contribution in [0.15, 0.2) is 47.6 Å². The van der Waals surface area contributed by atoms with Gasteiger partial charge >= 0.3 is 7.60 Å². The minimum absolute atomic E-state index is 0.123. The summed E-state index contributed by atoms with van der Waals surface area (Å²) < 4.78 is 11.2. The molecule has 5 nitrogen and oxygen atoms in total. The second kappa shape index (κ2) is 4.46. The quantitative estimate of drug-likeness (QED) is 0.826. The number of rotatable bonds is 2. The summed E-state index contributed by atoms with van der Waals surface area (Å²) in [6, 6.07) is 13.6. The molecule has 98 valence electrons. The van der Waals surface area contributed by atoms with Gasteiger partial charge in [-0.25, -0.2) is 0 Å². The van der Waals surface area contributed by atoms with E-state index >= 15 is 0 Å². The predicted molar refractivity (Wildman–Crippen MR) is 72.0 cm³/mol. The third kappa shape index (κ3) is 2.28. The predicted octanol–water partition coefficient (Wildman–Crippen LogP) is 2.47. The second-order valence-electron chi connectivity index (χ2n) is 4.42. The van der Waals surface area contributed by atoms with Gasteiger partial charge in [-0.2, -0.15) is 0 Å². The van der Waals surface area contributed by atoms with E-state index in [-0.39, 0.29) is 6.42 Å². The molecule has 6 heteroatoms. The molecule has 0 bridgehead atoms. The number of fused-ring (bicyclic) bond motifs is 1. The molecule has 0 saturated heterocycles. The first-order valence-electron chi connectivity index (χ1n) is 5.82. The fraction of sp³-hybridized carbons (Fsp3) is 0.154. The van der Waals surface area contributed by atoms with Crippen molar-refractivity contribution in [1.82, 2.24) is 0 Å². The Bertz CT molecular complexity index is 701. The average molecular weight is 277 g/mol. The molecule has 0 radical (unpaired) electrons. The standard InChI is InChI=1S/C13H12NO4P/c15-19(16,17)13-8-12(14-18-13)11-7-3-5-9-4-1-2-6-10(9)11/h1-7,13H,8H2,(H2,15,16,17). The lowest BCUT2D eigenvalue weighted by Gasteiger charge is -2.09. The highest BCUT2D eigenvalue weighted by Crippen LogP contribution is 2.46. The zero-order chi connectivity index (χ0) is 13.5. The van der Waals surface area contributed by atoms with Crippen molar-refractivity contribution in [2.45, 2.75) is 12.3 Å². The van der Waals surface area contributed by atoms with E-state index in [2.05, 4.69) is 5.16 Å². The molecular formula is C13H12NO4P. The molecule has 1 aliphatic heterocycles. The van der Waals surface area contributed by atoms with Gasteiger partial charge in [0.25, 0.3) is 0 Å². The van der Waals surface area contributed by atoms with Crippen molar-refractivity contribution in [3.8, 4) is 0 Å². The molecule has 0 spiro atoms. The molecular weight excluding hydrogens is 265 g/mol. The summed E-state index contributed by atoms with van der Waals surface area (Å²) in [4.78, 5) is 23.1. The van der Waals surface area contributed by atoms with Crippen LogP contribution in [-0.4, -0.2) is 21.3 Å². The van der Waals surface area contributed by atoms with Gasteiger partial charge in [-0.05, 0) is 10.8 Å². The van der Waals surface area contributed by atoms with Crippen LogP contribution in [0.25, 0.3) is 10.8 Å². The highest BCUT2D eigenvalue weighted by molar-refractivity contribution is 7.52. The molecule has 2 N–H and O–H groups in total. The Morgan fingerprint density at radius 3 is 2.63 bits per heavy atom. The molecule has 0 aromatic heterocycles. The van der Waals surface area contributed by atoms with Crippen molar-refractivity contribution in [2.75, 3.05) is 0 Å². The smallest absolute Gasteiger partial charge is 0.368 e. The molecule has 0 amide bonds. The molecule has 1 heterocycles. The van der Waals surface area contributed by atoms with Crippen LogP contribution in [0.3, 0.4) is 0 Å². The Hall–Kier alpha value is -1.68. The average Bonchev–Trinajstić information content (AvgIpc) is 2.87. The Morgan fingerprint density at radius 2 is 1.89 bits per heavy atom. The fourth-order valence-electron chi connectivity index (χ4n) is 2.18. The Morgan fingerprint density at radius 1 is 1.16 bits per heavy atom. The Kier molecular flexibility index (Phi) is 2.90. The van der Waals surface area contributed by atoms with Gasteiger partial charge < -0.3 is 14.6 Å². The Labute approximate surface area is 109 Å². The van der Waals surface area contributed by atoms with Gasteiger partial charge in [-0.1, -0.05) is 47.6 Å². The van der Waals surface area contributed by atoms with Crippen LogP contribution >= 0.6 is 7.60 Å². The van der Waals surface area contributed by atoms with Gasteiger partial charge in [0.1, 0.15) is 0 Å². The molecule has 2 aromatic rings. The van der Waals surface area contributed by atoms with Crippen LogP contribution in [0.5, 0.6) is 0 Å². The van der Waals surface area contributed by atoms with Crippen molar-refractivity contribution in [1.29, 1.82) is 0 Å². The summed E-state index contributed by atoms with van der Waals surface area (Å²) in [5, 5.41) is 5.88. The zero-order valence-electron chi connectivity index (χ0n) is 9.93. The maximum atomic E-state index is 11.2. The molecule has 0 fully saturated rings. The van der Waals surface area contributed by atoms with Crippen molar-refractivity contribution < 1.29 is 19.2 Å². The lowest BCUT2D eigenvalue weighted by Crippen LogP contribution is -2.09. The summed E-state index contributed by atoms with van der Waals surface area (Å²) >= 11 is 0. The minimum Gasteiger partial charge on any atom is -0.379 e.